The van der Waals surface area contributed by atoms with Gasteiger partial charge in [-0.15, -0.1) is 15.0 Å². The molecule has 18 nitrogen and oxygen atoms in total. The standard InChI is InChI=1S/C20H23N3O3.C16H14O.C8H10O3S.C3H6O2.2C2H6O3S/c1-20(2,3)14-11-13(9-10-18(24)26-4)12-17(19(14)25)23-21-15-7-5-6-8-16(15)22-23;1-17-11-16-14-8-4-2-6-12(14)10-13-7-3-5-9-15(13)16;1-7-3-5-8(6-4-7)12(9,10)11-2;1-3(4)5-2;2*1-5-6(2,3)4/h5-8,11-12,25H,9-10H2,1-4H3;2-10H,11H2,1H3;3-6H,1-2H3;1-2H3;2*1-2H3. The number of nitrogens with zero attached hydrogens (tertiary/aromatic N) is 3. The summed E-state index contributed by atoms with van der Waals surface area (Å²) in [6.07, 6.45) is 2.78. The number of esters is 2. The number of aromatic nitrogens is 3. The Labute approximate surface area is 423 Å². The average Bonchev–Trinajstić information content (AvgIpc) is 3.78. The van der Waals surface area contributed by atoms with Crippen molar-refractivity contribution in [1.82, 2.24) is 15.0 Å². The van der Waals surface area contributed by atoms with Crippen molar-refractivity contribution < 1.29 is 66.7 Å². The van der Waals surface area contributed by atoms with Crippen LogP contribution in [-0.2, 0) is 85.1 Å². The third-order valence-electron chi connectivity index (χ3n) is 9.90. The molecule has 0 spiro atoms. The molecule has 21 heteroatoms. The Morgan fingerprint density at radius 1 is 0.639 bits per heavy atom. The number of hydrogen-bond donors (Lipinski definition) is 1. The van der Waals surface area contributed by atoms with Crippen LogP contribution < -0.4 is 0 Å². The molecular weight excluding hydrogens is 991 g/mol. The van der Waals surface area contributed by atoms with Crippen LogP contribution in [0.1, 0.15) is 56.4 Å². The molecule has 0 radical (unpaired) electrons. The number of carbonyl (C=O) groups excluding carboxylic acids is 2. The molecule has 6 aromatic carbocycles. The fourth-order valence-corrected chi connectivity index (χ4v) is 6.73. The number of hydrogen-bond acceptors (Lipinski definition) is 17. The lowest BCUT2D eigenvalue weighted by Gasteiger charge is -2.23. The van der Waals surface area contributed by atoms with Crippen molar-refractivity contribution in [1.29, 1.82) is 0 Å². The predicted octanol–water partition coefficient (Wildman–Crippen LogP) is 8.36. The molecule has 7 aromatic rings. The number of aromatic hydroxyl groups is 1. The van der Waals surface area contributed by atoms with Gasteiger partial charge in [-0.3, -0.25) is 22.1 Å². The van der Waals surface area contributed by atoms with Crippen LogP contribution in [0.5, 0.6) is 5.75 Å². The van der Waals surface area contributed by atoms with Crippen LogP contribution in [0, 0.1) is 6.92 Å². The molecule has 0 saturated heterocycles. The average molecular weight is 1060 g/mol. The number of aryl methyl sites for hydroxylation is 2. The number of phenolic OH excluding ortho intramolecular Hbond substituents is 1. The van der Waals surface area contributed by atoms with Gasteiger partial charge in [0.05, 0.1) is 59.6 Å². The number of ether oxygens (including phenoxy) is 3. The van der Waals surface area contributed by atoms with Crippen LogP contribution >= 0.6 is 0 Å². The zero-order valence-corrected chi connectivity index (χ0v) is 45.3. The second-order valence-corrected chi connectivity index (χ2v) is 21.6. The topological polar surface area (TPSA) is 243 Å². The van der Waals surface area contributed by atoms with Gasteiger partial charge in [-0.1, -0.05) is 105 Å². The summed E-state index contributed by atoms with van der Waals surface area (Å²) in [5, 5.41) is 24.9. The Hall–Kier alpha value is -6.33. The molecule has 1 heterocycles. The van der Waals surface area contributed by atoms with E-state index < -0.39 is 30.4 Å². The van der Waals surface area contributed by atoms with Crippen LogP contribution in [0.25, 0.3) is 38.3 Å². The Balaban J connectivity index is 0.000000332. The highest BCUT2D eigenvalue weighted by molar-refractivity contribution is 7.87. The van der Waals surface area contributed by atoms with Crippen molar-refractivity contribution >= 4 is 74.9 Å². The third kappa shape index (κ3) is 20.8. The Bertz CT molecular complexity index is 3090. The highest BCUT2D eigenvalue weighted by Gasteiger charge is 2.23. The van der Waals surface area contributed by atoms with Gasteiger partial charge in [-0.05, 0) is 87.8 Å². The first kappa shape index (κ1) is 61.8. The minimum Gasteiger partial charge on any atom is -0.505 e. The summed E-state index contributed by atoms with van der Waals surface area (Å²) in [5.41, 5.74) is 5.76. The van der Waals surface area contributed by atoms with Gasteiger partial charge < -0.3 is 19.3 Å². The third-order valence-corrected chi connectivity index (χ3v) is 12.4. The van der Waals surface area contributed by atoms with Crippen molar-refractivity contribution in [2.24, 2.45) is 0 Å². The number of benzene rings is 6. The first-order valence-electron chi connectivity index (χ1n) is 21.7. The molecule has 0 amide bonds. The smallest absolute Gasteiger partial charge is 0.305 e. The van der Waals surface area contributed by atoms with Gasteiger partial charge in [0, 0.05) is 26.0 Å². The number of methoxy groups -OCH3 is 3. The summed E-state index contributed by atoms with van der Waals surface area (Å²) >= 11 is 0. The van der Waals surface area contributed by atoms with Crippen molar-refractivity contribution in [2.45, 2.75) is 64.4 Å². The van der Waals surface area contributed by atoms with Crippen LogP contribution in [-0.4, -0.2) is 112 Å². The van der Waals surface area contributed by atoms with Gasteiger partial charge in [-0.2, -0.15) is 25.3 Å². The Morgan fingerprint density at radius 2 is 1.08 bits per heavy atom. The minimum atomic E-state index is -3.51. The molecule has 0 aliphatic carbocycles. The lowest BCUT2D eigenvalue weighted by Crippen LogP contribution is -2.14. The van der Waals surface area contributed by atoms with Crippen molar-refractivity contribution in [3.8, 4) is 11.4 Å². The molecule has 0 saturated carbocycles. The molecule has 1 N–H and O–H groups in total. The van der Waals surface area contributed by atoms with E-state index in [1.807, 2.05) is 64.1 Å². The molecule has 0 aliphatic heterocycles. The number of carbonyl (C=O) groups is 2. The zero-order valence-electron chi connectivity index (χ0n) is 42.8. The van der Waals surface area contributed by atoms with Crippen molar-refractivity contribution in [2.75, 3.05) is 55.2 Å². The predicted molar refractivity (Wildman–Crippen MR) is 279 cm³/mol. The quantitative estimate of drug-likeness (QED) is 0.0768. The molecule has 392 valence electrons. The largest absolute Gasteiger partial charge is 0.505 e. The SMILES string of the molecule is COC(=O)CCc1cc(-n2nc3ccccc3n2)c(O)c(C(C)(C)C)c1.COC(C)=O.COCc1c2ccccc2cc2ccccc12.COS(=O)(=O)c1ccc(C)cc1.COS(C)(=O)=O.COS(C)(=O)=O. The van der Waals surface area contributed by atoms with E-state index >= 15 is 0 Å². The molecule has 0 unspecified atom stereocenters. The second kappa shape index (κ2) is 28.6. The normalized spacial score (nSPS) is 11.2. The molecule has 1 aromatic heterocycles. The van der Waals surface area contributed by atoms with E-state index in [-0.39, 0.29) is 34.4 Å². The van der Waals surface area contributed by atoms with E-state index in [0.717, 1.165) is 61.6 Å². The lowest BCUT2D eigenvalue weighted by molar-refractivity contribution is -0.140. The van der Waals surface area contributed by atoms with E-state index in [1.54, 1.807) is 19.2 Å². The minimum absolute atomic E-state index is 0.152. The molecular formula is C51H65N3O15S3. The van der Waals surface area contributed by atoms with E-state index in [2.05, 4.69) is 82.1 Å². The highest BCUT2D eigenvalue weighted by Crippen LogP contribution is 2.37. The van der Waals surface area contributed by atoms with Crippen LogP contribution in [0.2, 0.25) is 0 Å². The maximum absolute atomic E-state index is 11.5. The summed E-state index contributed by atoms with van der Waals surface area (Å²) in [7, 11) is -1.97. The van der Waals surface area contributed by atoms with Crippen molar-refractivity contribution in [3.05, 3.63) is 138 Å². The number of rotatable bonds is 10. The molecule has 0 aliphatic rings. The highest BCUT2D eigenvalue weighted by atomic mass is 32.2. The fourth-order valence-electron chi connectivity index (χ4n) is 6.07. The Morgan fingerprint density at radius 3 is 1.47 bits per heavy atom. The Kier molecular flexibility index (Phi) is 24.6. The molecule has 0 atom stereocenters. The lowest BCUT2D eigenvalue weighted by atomic mass is 9.84. The van der Waals surface area contributed by atoms with Gasteiger partial charge in [-0.25, -0.2) is 0 Å². The van der Waals surface area contributed by atoms with E-state index in [1.165, 1.54) is 65.2 Å². The zero-order chi connectivity index (χ0) is 54.5. The maximum atomic E-state index is 11.5. The first-order valence-corrected chi connectivity index (χ1v) is 26.8. The van der Waals surface area contributed by atoms with Crippen molar-refractivity contribution in [3.63, 3.8) is 0 Å². The molecule has 72 heavy (non-hydrogen) atoms. The van der Waals surface area contributed by atoms with Gasteiger partial charge in [0.1, 0.15) is 22.5 Å². The van der Waals surface area contributed by atoms with Crippen LogP contribution in [0.4, 0.5) is 0 Å². The van der Waals surface area contributed by atoms with E-state index in [9.17, 15) is 39.9 Å². The molecule has 0 bridgehead atoms. The van der Waals surface area contributed by atoms with Gasteiger partial charge in [0.2, 0.25) is 0 Å². The van der Waals surface area contributed by atoms with Crippen LogP contribution in [0.3, 0.4) is 0 Å². The summed E-state index contributed by atoms with van der Waals surface area (Å²) in [6, 6.07) is 37.0. The van der Waals surface area contributed by atoms with Gasteiger partial charge in [0.25, 0.3) is 30.4 Å². The second-order valence-electron chi connectivity index (χ2n) is 16.4. The van der Waals surface area contributed by atoms with E-state index in [4.69, 9.17) is 9.47 Å². The fraction of sp³-hybridized carbons (Fsp3) is 0.333. The molecule has 0 fully saturated rings. The maximum Gasteiger partial charge on any atom is 0.305 e. The molecule has 7 rings (SSSR count). The summed E-state index contributed by atoms with van der Waals surface area (Å²) in [6.45, 7) is 10.00. The summed E-state index contributed by atoms with van der Waals surface area (Å²) in [4.78, 5) is 22.7. The van der Waals surface area contributed by atoms with Gasteiger partial charge >= 0.3 is 11.9 Å². The van der Waals surface area contributed by atoms with Gasteiger partial charge in [0.15, 0.2) is 0 Å². The number of phenols is 1. The summed E-state index contributed by atoms with van der Waals surface area (Å²) in [5.74, 6) is -0.357. The first-order chi connectivity index (χ1) is 33.6. The monoisotopic (exact) mass is 1060 g/mol. The number of fused-ring (bicyclic) bond motifs is 3. The summed E-state index contributed by atoms with van der Waals surface area (Å²) < 4.78 is 87.6. The van der Waals surface area contributed by atoms with E-state index in [0.29, 0.717) is 18.7 Å². The van der Waals surface area contributed by atoms with Crippen LogP contribution in [0.15, 0.2) is 120 Å².